The van der Waals surface area contributed by atoms with Crippen LogP contribution in [0.2, 0.25) is 0 Å². The molecule has 146 valence electrons. The summed E-state index contributed by atoms with van der Waals surface area (Å²) in [5, 5.41) is 8.86. The van der Waals surface area contributed by atoms with Crippen LogP contribution < -0.4 is 10.5 Å². The molecule has 1 aromatic heterocycles. The predicted octanol–water partition coefficient (Wildman–Crippen LogP) is -0.246. The van der Waals surface area contributed by atoms with Crippen LogP contribution in [0.4, 0.5) is 0 Å². The Morgan fingerprint density at radius 1 is 1.44 bits per heavy atom. The lowest BCUT2D eigenvalue weighted by Crippen LogP contribution is -2.71. The minimum atomic E-state index is -4.21. The highest BCUT2D eigenvalue weighted by atomic mass is 32.2. The molecule has 0 bridgehead atoms. The van der Waals surface area contributed by atoms with Crippen LogP contribution in [0.1, 0.15) is 11.8 Å². The van der Waals surface area contributed by atoms with Gasteiger partial charge in [-0.3, -0.25) is 19.3 Å². The number of hydrogen-bond donors (Lipinski definition) is 2. The molecule has 3 rings (SSSR count). The van der Waals surface area contributed by atoms with Gasteiger partial charge in [0.15, 0.2) is 5.03 Å². The summed E-state index contributed by atoms with van der Waals surface area (Å²) >= 11 is 2.71. The Bertz CT molecular complexity index is 909. The molecule has 0 unspecified atom stereocenters. The fraction of sp³-hybridized carbons (Fsp3) is 0.400. The van der Waals surface area contributed by atoms with E-state index in [4.69, 9.17) is 9.88 Å². The van der Waals surface area contributed by atoms with Crippen LogP contribution >= 0.6 is 23.1 Å². The molecular formula is C15H17N3O6S3. The van der Waals surface area contributed by atoms with Gasteiger partial charge in [-0.1, -0.05) is 6.07 Å². The summed E-state index contributed by atoms with van der Waals surface area (Å²) in [4.78, 5) is 37.6. The number of carbonyl (C=O) groups is 3. The summed E-state index contributed by atoms with van der Waals surface area (Å²) in [6.07, 6.45) is 0.147. The number of thiophene rings is 1. The summed E-state index contributed by atoms with van der Waals surface area (Å²) < 4.78 is 28.9. The first kappa shape index (κ1) is 19.9. The number of β-lactam (4-membered cyclic amide) rings is 1. The highest BCUT2D eigenvalue weighted by Gasteiger charge is 2.54. The summed E-state index contributed by atoms with van der Waals surface area (Å²) in [6, 6.07) is 2.82. The Hall–Kier alpha value is -1.89. The molecule has 12 heteroatoms. The zero-order chi connectivity index (χ0) is 19.8. The van der Waals surface area contributed by atoms with E-state index in [1.54, 1.807) is 0 Å². The molecule has 2 amide bonds. The predicted molar refractivity (Wildman–Crippen MR) is 99.8 cm³/mol. The second-order valence-electron chi connectivity index (χ2n) is 5.95. The van der Waals surface area contributed by atoms with E-state index in [9.17, 15) is 22.8 Å². The maximum atomic E-state index is 12.5. The molecule has 1 saturated heterocycles. The lowest BCUT2D eigenvalue weighted by atomic mass is 10.1. The maximum Gasteiger partial charge on any atom is 0.302 e. The smallest absolute Gasteiger partial charge is 0.302 e. The monoisotopic (exact) mass is 431 g/mol. The van der Waals surface area contributed by atoms with Gasteiger partial charge in [-0.2, -0.15) is 0 Å². The van der Waals surface area contributed by atoms with Crippen molar-refractivity contribution >= 4 is 50.9 Å². The van der Waals surface area contributed by atoms with Crippen molar-refractivity contribution in [3.63, 3.8) is 0 Å². The zero-order valence-electron chi connectivity index (χ0n) is 14.2. The van der Waals surface area contributed by atoms with Crippen LogP contribution in [-0.2, 0) is 35.6 Å². The Balaban J connectivity index is 1.75. The average molecular weight is 432 g/mol. The molecule has 2 aliphatic heterocycles. The first-order valence-corrected chi connectivity index (χ1v) is 11.3. The number of thioether (sulfide) groups is 1. The Kier molecular flexibility index (Phi) is 5.60. The molecule has 1 aromatic rings. The van der Waals surface area contributed by atoms with Crippen LogP contribution in [-0.4, -0.2) is 54.9 Å². The van der Waals surface area contributed by atoms with Gasteiger partial charge in [0, 0.05) is 23.1 Å². The Labute approximate surface area is 164 Å². The van der Waals surface area contributed by atoms with Crippen molar-refractivity contribution in [2.24, 2.45) is 5.14 Å². The van der Waals surface area contributed by atoms with E-state index < -0.39 is 33.3 Å². The first-order valence-electron chi connectivity index (χ1n) is 7.83. The second kappa shape index (κ2) is 7.62. The third-order valence-electron chi connectivity index (χ3n) is 3.94. The molecule has 0 saturated carbocycles. The highest BCUT2D eigenvalue weighted by Crippen LogP contribution is 2.41. The van der Waals surface area contributed by atoms with Gasteiger partial charge in [-0.15, -0.1) is 23.1 Å². The molecule has 27 heavy (non-hydrogen) atoms. The van der Waals surface area contributed by atoms with E-state index in [2.05, 4.69) is 5.32 Å². The van der Waals surface area contributed by atoms with E-state index in [0.29, 0.717) is 0 Å². The zero-order valence-corrected chi connectivity index (χ0v) is 16.7. The van der Waals surface area contributed by atoms with Crippen molar-refractivity contribution < 1.29 is 27.5 Å². The van der Waals surface area contributed by atoms with E-state index in [1.807, 2.05) is 17.5 Å². The molecular weight excluding hydrogens is 414 g/mol. The highest BCUT2D eigenvalue weighted by molar-refractivity contribution is 8.00. The van der Waals surface area contributed by atoms with Crippen LogP contribution in [0.3, 0.4) is 0 Å². The normalized spacial score (nSPS) is 22.1. The Morgan fingerprint density at radius 3 is 2.78 bits per heavy atom. The number of fused-ring (bicyclic) bond motifs is 1. The van der Waals surface area contributed by atoms with Crippen LogP contribution in [0, 0.1) is 0 Å². The maximum absolute atomic E-state index is 12.5. The number of nitrogens with zero attached hydrogens (tertiary/aromatic N) is 1. The molecule has 2 aliphatic rings. The van der Waals surface area contributed by atoms with Crippen molar-refractivity contribution in [3.8, 4) is 0 Å². The van der Waals surface area contributed by atoms with Gasteiger partial charge in [-0.05, 0) is 11.4 Å². The summed E-state index contributed by atoms with van der Waals surface area (Å²) in [6.45, 7) is 0.934. The Morgan fingerprint density at radius 2 is 2.19 bits per heavy atom. The summed E-state index contributed by atoms with van der Waals surface area (Å²) in [5.41, 5.74) is 0.241. The molecule has 3 heterocycles. The molecule has 0 spiro atoms. The van der Waals surface area contributed by atoms with Crippen molar-refractivity contribution in [3.05, 3.63) is 33.0 Å². The number of nitrogens with one attached hydrogen (secondary N) is 1. The number of esters is 1. The van der Waals surface area contributed by atoms with E-state index in [1.165, 1.54) is 30.0 Å². The van der Waals surface area contributed by atoms with Crippen LogP contribution in [0.5, 0.6) is 0 Å². The number of ether oxygens (including phenoxy) is 1. The molecule has 9 nitrogen and oxygen atoms in total. The van der Waals surface area contributed by atoms with E-state index in [0.717, 1.165) is 9.78 Å². The van der Waals surface area contributed by atoms with Crippen molar-refractivity contribution in [1.82, 2.24) is 10.2 Å². The number of sulfonamides is 1. The molecule has 2 atom stereocenters. The molecule has 0 aliphatic carbocycles. The van der Waals surface area contributed by atoms with Gasteiger partial charge in [0.05, 0.1) is 6.42 Å². The average Bonchev–Trinajstić information content (AvgIpc) is 3.08. The fourth-order valence-corrected chi connectivity index (χ4v) is 6.03. The molecule has 0 radical (unpaired) electrons. The summed E-state index contributed by atoms with van der Waals surface area (Å²) in [7, 11) is -4.21. The SMILES string of the molecule is CC(=O)OCC1=C(S(N)(=O)=O)N2C(=O)[C@@H](NC(=O)Cc3cccs3)[C@@H]2SC1. The number of carbonyl (C=O) groups excluding carboxylic acids is 3. The van der Waals surface area contributed by atoms with Crippen molar-refractivity contribution in [2.45, 2.75) is 24.8 Å². The second-order valence-corrected chi connectivity index (χ2v) is 9.56. The number of primary sulfonamides is 1. The lowest BCUT2D eigenvalue weighted by molar-refractivity contribution is -0.145. The van der Waals surface area contributed by atoms with Crippen molar-refractivity contribution in [2.75, 3.05) is 12.4 Å². The lowest BCUT2D eigenvalue weighted by Gasteiger charge is -2.49. The molecule has 1 fully saturated rings. The van der Waals surface area contributed by atoms with Crippen molar-refractivity contribution in [1.29, 1.82) is 0 Å². The van der Waals surface area contributed by atoms with Crippen LogP contribution in [0.25, 0.3) is 0 Å². The van der Waals surface area contributed by atoms with Gasteiger partial charge in [0.25, 0.3) is 15.9 Å². The largest absolute Gasteiger partial charge is 0.461 e. The number of nitrogens with two attached hydrogens (primary N) is 1. The standard InChI is InChI=1S/C15H17N3O6S3/c1-8(19)24-6-9-7-26-14-12(13(21)18(14)15(9)27(16,22)23)17-11(20)5-10-3-2-4-25-10/h2-4,12,14H,5-7H2,1H3,(H,17,20)(H2,16,22,23)/t12-,14+/m1/s1. The number of rotatable bonds is 6. The van der Waals surface area contributed by atoms with Gasteiger partial charge < -0.3 is 10.1 Å². The van der Waals surface area contributed by atoms with E-state index >= 15 is 0 Å². The fourth-order valence-electron chi connectivity index (χ4n) is 2.83. The van der Waals surface area contributed by atoms with Crippen LogP contribution in [0.15, 0.2) is 28.1 Å². The summed E-state index contributed by atoms with van der Waals surface area (Å²) in [5.74, 6) is -1.24. The van der Waals surface area contributed by atoms with Gasteiger partial charge in [0.1, 0.15) is 18.0 Å². The third-order valence-corrected chi connectivity index (χ3v) is 7.18. The van der Waals surface area contributed by atoms with Gasteiger partial charge in [0.2, 0.25) is 5.91 Å². The molecule has 0 aromatic carbocycles. The third kappa shape index (κ3) is 4.18. The quantitative estimate of drug-likeness (QED) is 0.468. The minimum Gasteiger partial charge on any atom is -0.461 e. The minimum absolute atomic E-state index is 0.147. The number of amides is 2. The van der Waals surface area contributed by atoms with Gasteiger partial charge in [-0.25, -0.2) is 13.6 Å². The topological polar surface area (TPSA) is 136 Å². The van der Waals surface area contributed by atoms with Gasteiger partial charge >= 0.3 is 5.97 Å². The first-order chi connectivity index (χ1) is 12.7. The number of hydrogen-bond acceptors (Lipinski definition) is 8. The van der Waals surface area contributed by atoms with E-state index in [-0.39, 0.29) is 35.3 Å². The molecule has 3 N–H and O–H groups in total.